The van der Waals surface area contributed by atoms with E-state index >= 15 is 0 Å². The standard InChI is InChI=1S/C17H31NO2/c1-14-7-6-10-17(12-14,13-19)18-16(20)11-15-8-4-2-3-5-9-15/h14-15,19H,2-13H2,1H3,(H,18,20). The third kappa shape index (κ3) is 4.47. The van der Waals surface area contributed by atoms with Crippen LogP contribution in [-0.2, 0) is 4.79 Å². The van der Waals surface area contributed by atoms with Gasteiger partial charge in [0.05, 0.1) is 12.1 Å². The Morgan fingerprint density at radius 3 is 2.45 bits per heavy atom. The molecule has 0 spiro atoms. The summed E-state index contributed by atoms with van der Waals surface area (Å²) in [7, 11) is 0. The van der Waals surface area contributed by atoms with Crippen molar-refractivity contribution in [3.8, 4) is 0 Å². The minimum atomic E-state index is -0.334. The molecule has 2 unspecified atom stereocenters. The molecule has 0 radical (unpaired) electrons. The maximum Gasteiger partial charge on any atom is 0.220 e. The summed E-state index contributed by atoms with van der Waals surface area (Å²) >= 11 is 0. The first-order valence-electron chi connectivity index (χ1n) is 8.55. The van der Waals surface area contributed by atoms with Crippen LogP contribution >= 0.6 is 0 Å². The van der Waals surface area contributed by atoms with Gasteiger partial charge in [0.15, 0.2) is 0 Å². The van der Waals surface area contributed by atoms with E-state index in [1.165, 1.54) is 44.9 Å². The maximum atomic E-state index is 12.3. The Morgan fingerprint density at radius 1 is 1.15 bits per heavy atom. The third-order valence-electron chi connectivity index (χ3n) is 5.25. The van der Waals surface area contributed by atoms with Gasteiger partial charge in [-0.2, -0.15) is 0 Å². The van der Waals surface area contributed by atoms with E-state index in [-0.39, 0.29) is 18.1 Å². The van der Waals surface area contributed by atoms with E-state index in [0.717, 1.165) is 19.3 Å². The van der Waals surface area contributed by atoms with E-state index in [2.05, 4.69) is 12.2 Å². The number of nitrogens with one attached hydrogen (secondary N) is 1. The zero-order valence-corrected chi connectivity index (χ0v) is 13.0. The van der Waals surface area contributed by atoms with Gasteiger partial charge in [-0.1, -0.05) is 45.4 Å². The van der Waals surface area contributed by atoms with Gasteiger partial charge >= 0.3 is 0 Å². The van der Waals surface area contributed by atoms with Gasteiger partial charge in [-0.25, -0.2) is 0 Å². The Kier molecular flexibility index (Phi) is 5.88. The zero-order chi connectivity index (χ0) is 14.4. The number of carbonyl (C=O) groups excluding carboxylic acids is 1. The normalized spacial score (nSPS) is 32.6. The summed E-state index contributed by atoms with van der Waals surface area (Å²) in [4.78, 5) is 12.3. The van der Waals surface area contributed by atoms with E-state index in [9.17, 15) is 9.90 Å². The molecule has 2 aliphatic rings. The molecule has 3 nitrogen and oxygen atoms in total. The van der Waals surface area contributed by atoms with Crippen LogP contribution in [0.1, 0.15) is 77.6 Å². The molecular formula is C17H31NO2. The first-order valence-corrected chi connectivity index (χ1v) is 8.55. The highest BCUT2D eigenvalue weighted by Gasteiger charge is 2.36. The lowest BCUT2D eigenvalue weighted by molar-refractivity contribution is -0.125. The zero-order valence-electron chi connectivity index (χ0n) is 13.0. The Balaban J connectivity index is 1.85. The molecule has 0 aromatic rings. The quantitative estimate of drug-likeness (QED) is 0.776. The minimum absolute atomic E-state index is 0.0910. The highest BCUT2D eigenvalue weighted by Crippen LogP contribution is 2.32. The fraction of sp³-hybridized carbons (Fsp3) is 0.941. The second kappa shape index (κ2) is 7.44. The van der Waals surface area contributed by atoms with Crippen molar-refractivity contribution in [3.63, 3.8) is 0 Å². The van der Waals surface area contributed by atoms with Gasteiger partial charge in [0.25, 0.3) is 0 Å². The second-order valence-corrected chi connectivity index (χ2v) is 7.25. The topological polar surface area (TPSA) is 49.3 Å². The molecule has 116 valence electrons. The number of aliphatic hydroxyl groups excluding tert-OH is 1. The summed E-state index contributed by atoms with van der Waals surface area (Å²) in [5.41, 5.74) is -0.334. The SMILES string of the molecule is CC1CCCC(CO)(NC(=O)CC2CCCCCC2)C1. The summed E-state index contributed by atoms with van der Waals surface area (Å²) in [6.45, 7) is 2.31. The van der Waals surface area contributed by atoms with Crippen LogP contribution in [0.5, 0.6) is 0 Å². The van der Waals surface area contributed by atoms with Crippen molar-refractivity contribution in [1.29, 1.82) is 0 Å². The van der Waals surface area contributed by atoms with E-state index in [4.69, 9.17) is 0 Å². The van der Waals surface area contributed by atoms with Crippen LogP contribution in [-0.4, -0.2) is 23.2 Å². The van der Waals surface area contributed by atoms with Gasteiger partial charge in [0.2, 0.25) is 5.91 Å². The van der Waals surface area contributed by atoms with Crippen LogP contribution < -0.4 is 5.32 Å². The minimum Gasteiger partial charge on any atom is -0.394 e. The van der Waals surface area contributed by atoms with Gasteiger partial charge in [0.1, 0.15) is 0 Å². The van der Waals surface area contributed by atoms with E-state index < -0.39 is 0 Å². The molecule has 0 aliphatic heterocycles. The van der Waals surface area contributed by atoms with Crippen molar-refractivity contribution in [2.24, 2.45) is 11.8 Å². The van der Waals surface area contributed by atoms with Crippen LogP contribution in [0.4, 0.5) is 0 Å². The van der Waals surface area contributed by atoms with Crippen molar-refractivity contribution in [1.82, 2.24) is 5.32 Å². The Labute approximate surface area is 123 Å². The number of aliphatic hydroxyl groups is 1. The molecule has 0 heterocycles. The Morgan fingerprint density at radius 2 is 1.85 bits per heavy atom. The van der Waals surface area contributed by atoms with Gasteiger partial charge in [-0.05, 0) is 37.5 Å². The summed E-state index contributed by atoms with van der Waals surface area (Å²) in [5, 5.41) is 12.9. The van der Waals surface area contributed by atoms with E-state index in [1.54, 1.807) is 0 Å². The van der Waals surface area contributed by atoms with E-state index in [1.807, 2.05) is 0 Å². The van der Waals surface area contributed by atoms with Crippen LogP contribution in [0.25, 0.3) is 0 Å². The average molecular weight is 281 g/mol. The molecule has 0 aromatic heterocycles. The van der Waals surface area contributed by atoms with Crippen molar-refractivity contribution >= 4 is 5.91 Å². The lowest BCUT2D eigenvalue weighted by Gasteiger charge is -2.39. The smallest absolute Gasteiger partial charge is 0.220 e. The molecule has 2 atom stereocenters. The second-order valence-electron chi connectivity index (χ2n) is 7.25. The predicted octanol–water partition coefficient (Wildman–Crippen LogP) is 3.40. The lowest BCUT2D eigenvalue weighted by atomic mass is 9.76. The van der Waals surface area contributed by atoms with Gasteiger partial charge < -0.3 is 10.4 Å². The van der Waals surface area contributed by atoms with Crippen molar-refractivity contribution in [2.45, 2.75) is 83.1 Å². The predicted molar refractivity (Wildman–Crippen MR) is 81.4 cm³/mol. The third-order valence-corrected chi connectivity index (χ3v) is 5.25. The first-order chi connectivity index (χ1) is 9.63. The van der Waals surface area contributed by atoms with Gasteiger partial charge in [-0.15, -0.1) is 0 Å². The molecule has 0 bridgehead atoms. The molecule has 0 saturated heterocycles. The van der Waals surface area contributed by atoms with Crippen LogP contribution in [0.15, 0.2) is 0 Å². The largest absolute Gasteiger partial charge is 0.394 e. The summed E-state index contributed by atoms with van der Waals surface area (Å²) < 4.78 is 0. The average Bonchev–Trinajstić information content (AvgIpc) is 2.67. The molecule has 20 heavy (non-hydrogen) atoms. The number of amides is 1. The Bertz CT molecular complexity index is 310. The molecule has 1 amide bonds. The van der Waals surface area contributed by atoms with Crippen LogP contribution in [0.2, 0.25) is 0 Å². The van der Waals surface area contributed by atoms with Crippen LogP contribution in [0.3, 0.4) is 0 Å². The maximum absolute atomic E-state index is 12.3. The number of carbonyl (C=O) groups is 1. The highest BCUT2D eigenvalue weighted by molar-refractivity contribution is 5.77. The molecule has 2 aliphatic carbocycles. The summed E-state index contributed by atoms with van der Waals surface area (Å²) in [6.07, 6.45) is 12.5. The molecule has 0 aromatic carbocycles. The van der Waals surface area contributed by atoms with Gasteiger partial charge in [-0.3, -0.25) is 4.79 Å². The number of hydrogen-bond acceptors (Lipinski definition) is 2. The lowest BCUT2D eigenvalue weighted by Crippen LogP contribution is -2.54. The summed E-state index contributed by atoms with van der Waals surface area (Å²) in [5.74, 6) is 1.34. The highest BCUT2D eigenvalue weighted by atomic mass is 16.3. The monoisotopic (exact) mass is 281 g/mol. The van der Waals surface area contributed by atoms with Crippen molar-refractivity contribution in [3.05, 3.63) is 0 Å². The first kappa shape index (κ1) is 15.8. The Hall–Kier alpha value is -0.570. The molecule has 2 N–H and O–H groups in total. The molecule has 2 rings (SSSR count). The molecule has 2 fully saturated rings. The van der Waals surface area contributed by atoms with Gasteiger partial charge in [0, 0.05) is 6.42 Å². The number of hydrogen-bond donors (Lipinski definition) is 2. The molecule has 3 heteroatoms. The molecule has 2 saturated carbocycles. The van der Waals surface area contributed by atoms with Crippen LogP contribution in [0, 0.1) is 11.8 Å². The van der Waals surface area contributed by atoms with E-state index in [0.29, 0.717) is 18.3 Å². The fourth-order valence-electron chi connectivity index (χ4n) is 4.13. The van der Waals surface area contributed by atoms with Crippen molar-refractivity contribution in [2.75, 3.05) is 6.61 Å². The summed E-state index contributed by atoms with van der Waals surface area (Å²) in [6, 6.07) is 0. The fourth-order valence-corrected chi connectivity index (χ4v) is 4.13. The molecular weight excluding hydrogens is 250 g/mol. The number of rotatable bonds is 4. The van der Waals surface area contributed by atoms with Crippen molar-refractivity contribution < 1.29 is 9.90 Å².